The highest BCUT2D eigenvalue weighted by Crippen LogP contribution is 2.26. The fourth-order valence-corrected chi connectivity index (χ4v) is 5.60. The summed E-state index contributed by atoms with van der Waals surface area (Å²) >= 11 is 0. The van der Waals surface area contributed by atoms with Gasteiger partial charge in [-0.05, 0) is 39.3 Å². The topological polar surface area (TPSA) is 92.7 Å². The predicted octanol–water partition coefficient (Wildman–Crippen LogP) is 3.07. The first-order valence-electron chi connectivity index (χ1n) is 9.93. The average Bonchev–Trinajstić information content (AvgIpc) is 3.28. The number of hydrogen-bond donors (Lipinski definition) is 0. The summed E-state index contributed by atoms with van der Waals surface area (Å²) in [5.74, 6) is 0.943. The minimum absolute atomic E-state index is 0.186. The Balaban J connectivity index is 1.40. The van der Waals surface area contributed by atoms with Crippen molar-refractivity contribution < 1.29 is 17.4 Å². The molecule has 1 aromatic carbocycles. The molecule has 3 aromatic rings. The third-order valence-electron chi connectivity index (χ3n) is 5.45. The molecule has 1 aliphatic rings. The monoisotopic (exact) mass is 430 g/mol. The van der Waals surface area contributed by atoms with Crippen molar-refractivity contribution in [1.82, 2.24) is 19.3 Å². The van der Waals surface area contributed by atoms with Crippen LogP contribution in [0.2, 0.25) is 0 Å². The molecule has 2 aromatic heterocycles. The molecule has 0 amide bonds. The molecule has 0 N–H and O–H groups in total. The second-order valence-corrected chi connectivity index (χ2v) is 9.67. The normalized spacial score (nSPS) is 16.3. The van der Waals surface area contributed by atoms with Crippen LogP contribution in [0.3, 0.4) is 0 Å². The van der Waals surface area contributed by atoms with E-state index in [4.69, 9.17) is 8.94 Å². The van der Waals surface area contributed by atoms with Crippen molar-refractivity contribution in [3.05, 3.63) is 52.7 Å². The van der Waals surface area contributed by atoms with E-state index in [0.29, 0.717) is 50.1 Å². The molecule has 1 saturated heterocycles. The summed E-state index contributed by atoms with van der Waals surface area (Å²) in [5, 5.41) is 3.78. The highest BCUT2D eigenvalue weighted by Gasteiger charge is 2.33. The van der Waals surface area contributed by atoms with Crippen LogP contribution in [0.1, 0.15) is 28.3 Å². The van der Waals surface area contributed by atoms with Crippen molar-refractivity contribution in [2.45, 2.75) is 39.1 Å². The number of nitrogens with zero attached hydrogens (tertiary/aromatic N) is 4. The maximum Gasteiger partial charge on any atom is 0.248 e. The van der Waals surface area contributed by atoms with Gasteiger partial charge in [0.15, 0.2) is 5.76 Å². The summed E-state index contributed by atoms with van der Waals surface area (Å²) in [6.07, 6.45) is 1.68. The maximum atomic E-state index is 13.0. The molecule has 160 valence electrons. The Morgan fingerprint density at radius 2 is 1.80 bits per heavy atom. The van der Waals surface area contributed by atoms with Gasteiger partial charge in [-0.3, -0.25) is 4.90 Å². The Kier molecular flexibility index (Phi) is 5.52. The van der Waals surface area contributed by atoms with Gasteiger partial charge in [-0.25, -0.2) is 13.4 Å². The Morgan fingerprint density at radius 3 is 2.43 bits per heavy atom. The van der Waals surface area contributed by atoms with E-state index in [1.807, 2.05) is 19.1 Å². The lowest BCUT2D eigenvalue weighted by Crippen LogP contribution is -2.48. The van der Waals surface area contributed by atoms with Crippen molar-refractivity contribution in [1.29, 1.82) is 0 Å². The van der Waals surface area contributed by atoms with E-state index in [0.717, 1.165) is 16.8 Å². The van der Waals surface area contributed by atoms with E-state index in [1.165, 1.54) is 9.87 Å². The zero-order valence-electron chi connectivity index (χ0n) is 17.7. The summed E-state index contributed by atoms with van der Waals surface area (Å²) in [6, 6.07) is 6.18. The van der Waals surface area contributed by atoms with Gasteiger partial charge in [-0.15, -0.1) is 0 Å². The quantitative estimate of drug-likeness (QED) is 0.614. The van der Waals surface area contributed by atoms with Gasteiger partial charge in [0.25, 0.3) is 0 Å². The molecule has 9 heteroatoms. The van der Waals surface area contributed by atoms with Crippen molar-refractivity contribution in [2.75, 3.05) is 26.2 Å². The van der Waals surface area contributed by atoms with E-state index in [-0.39, 0.29) is 4.90 Å². The van der Waals surface area contributed by atoms with Crippen LogP contribution in [0.4, 0.5) is 0 Å². The first kappa shape index (κ1) is 20.8. The fourth-order valence-electron chi connectivity index (χ4n) is 3.89. The Bertz CT molecular complexity index is 1140. The Labute approximate surface area is 176 Å². The lowest BCUT2D eigenvalue weighted by molar-refractivity contribution is 0.179. The van der Waals surface area contributed by atoms with Crippen LogP contribution in [0.15, 0.2) is 38.3 Å². The molecule has 0 aliphatic carbocycles. The molecule has 1 aliphatic heterocycles. The lowest BCUT2D eigenvalue weighted by atomic mass is 10.1. The minimum atomic E-state index is -3.60. The van der Waals surface area contributed by atoms with Crippen LogP contribution >= 0.6 is 0 Å². The summed E-state index contributed by atoms with van der Waals surface area (Å²) in [4.78, 5) is 7.01. The molecular weight excluding hydrogens is 404 g/mol. The summed E-state index contributed by atoms with van der Waals surface area (Å²) in [6.45, 7) is 10.1. The van der Waals surface area contributed by atoms with Crippen LogP contribution in [0.5, 0.6) is 0 Å². The average molecular weight is 431 g/mol. The zero-order chi connectivity index (χ0) is 21.5. The van der Waals surface area contributed by atoms with Crippen LogP contribution < -0.4 is 0 Å². The van der Waals surface area contributed by atoms with Crippen molar-refractivity contribution in [2.24, 2.45) is 0 Å². The molecule has 8 nitrogen and oxygen atoms in total. The highest BCUT2D eigenvalue weighted by atomic mass is 32.2. The SMILES string of the molecule is Cc1ccc(-c2nc(CN3CCN(S(=O)(=O)c4c(C)noc4C)CC3)co2)c(C)c1. The predicted molar refractivity (Wildman–Crippen MR) is 111 cm³/mol. The molecule has 4 rings (SSSR count). The van der Waals surface area contributed by atoms with Gasteiger partial charge >= 0.3 is 0 Å². The maximum absolute atomic E-state index is 13.0. The first-order chi connectivity index (χ1) is 14.3. The van der Waals surface area contributed by atoms with E-state index < -0.39 is 10.0 Å². The highest BCUT2D eigenvalue weighted by molar-refractivity contribution is 7.89. The van der Waals surface area contributed by atoms with Crippen molar-refractivity contribution in [3.63, 3.8) is 0 Å². The molecule has 1 fully saturated rings. The molecule has 0 bridgehead atoms. The molecule has 0 saturated carbocycles. The number of rotatable bonds is 5. The third kappa shape index (κ3) is 3.92. The third-order valence-corrected chi connectivity index (χ3v) is 7.59. The van der Waals surface area contributed by atoms with Gasteiger partial charge in [-0.2, -0.15) is 4.31 Å². The van der Waals surface area contributed by atoms with Crippen LogP contribution in [0, 0.1) is 27.7 Å². The Morgan fingerprint density at radius 1 is 1.07 bits per heavy atom. The van der Waals surface area contributed by atoms with Gasteiger partial charge in [0.1, 0.15) is 16.9 Å². The van der Waals surface area contributed by atoms with Gasteiger partial charge in [0, 0.05) is 38.3 Å². The van der Waals surface area contributed by atoms with Crippen LogP contribution in [0.25, 0.3) is 11.5 Å². The van der Waals surface area contributed by atoms with Gasteiger partial charge in [0.05, 0.1) is 5.69 Å². The number of aromatic nitrogens is 2. The van der Waals surface area contributed by atoms with Crippen molar-refractivity contribution in [3.8, 4) is 11.5 Å². The largest absolute Gasteiger partial charge is 0.444 e. The Hall–Kier alpha value is -2.49. The van der Waals surface area contributed by atoms with E-state index in [9.17, 15) is 8.42 Å². The summed E-state index contributed by atoms with van der Waals surface area (Å²) in [5.41, 5.74) is 4.56. The fraction of sp³-hybridized carbons (Fsp3) is 0.429. The van der Waals surface area contributed by atoms with Crippen molar-refractivity contribution >= 4 is 10.0 Å². The molecule has 30 heavy (non-hydrogen) atoms. The van der Waals surface area contributed by atoms with E-state index in [1.54, 1.807) is 20.1 Å². The number of hydrogen-bond acceptors (Lipinski definition) is 7. The molecule has 0 radical (unpaired) electrons. The van der Waals surface area contributed by atoms with E-state index >= 15 is 0 Å². The molecule has 0 spiro atoms. The number of aryl methyl sites for hydroxylation is 4. The molecule has 0 unspecified atom stereocenters. The number of benzene rings is 1. The molecule has 0 atom stereocenters. The summed E-state index contributed by atoms with van der Waals surface area (Å²) in [7, 11) is -3.60. The second-order valence-electron chi connectivity index (χ2n) is 7.80. The molecule has 3 heterocycles. The number of piperazine rings is 1. The molecular formula is C21H26N4O4S. The second kappa shape index (κ2) is 7.98. The van der Waals surface area contributed by atoms with Crippen LogP contribution in [-0.2, 0) is 16.6 Å². The smallest absolute Gasteiger partial charge is 0.248 e. The minimum Gasteiger partial charge on any atom is -0.444 e. The lowest BCUT2D eigenvalue weighted by Gasteiger charge is -2.33. The number of oxazole rings is 1. The number of sulfonamides is 1. The summed E-state index contributed by atoms with van der Waals surface area (Å²) < 4.78 is 38.1. The van der Waals surface area contributed by atoms with Gasteiger partial charge in [0.2, 0.25) is 15.9 Å². The first-order valence-corrected chi connectivity index (χ1v) is 11.4. The van der Waals surface area contributed by atoms with Gasteiger partial charge in [-0.1, -0.05) is 22.9 Å². The standard InChI is InChI=1S/C21H26N4O4S/c1-14-5-6-19(15(2)11-14)21-22-18(13-28-21)12-24-7-9-25(10-8-24)30(26,27)20-16(3)23-29-17(20)4/h5-6,11,13H,7-10,12H2,1-4H3. The zero-order valence-corrected chi connectivity index (χ0v) is 18.5. The van der Waals surface area contributed by atoms with E-state index in [2.05, 4.69) is 28.0 Å². The van der Waals surface area contributed by atoms with Crippen LogP contribution in [-0.4, -0.2) is 53.9 Å². The van der Waals surface area contributed by atoms with Gasteiger partial charge < -0.3 is 8.94 Å².